The van der Waals surface area contributed by atoms with Gasteiger partial charge in [-0.2, -0.15) is 0 Å². The van der Waals surface area contributed by atoms with E-state index in [1.807, 2.05) is 0 Å². The smallest absolute Gasteiger partial charge is 0.233 e. The minimum Gasteiger partial charge on any atom is -0.383 e. The maximum absolute atomic E-state index is 11.4. The van der Waals surface area contributed by atoms with E-state index in [1.54, 1.807) is 7.11 Å². The minimum absolute atomic E-state index is 0.0898. The number of hydrogen-bond donors (Lipinski definition) is 2. The molecule has 106 valence electrons. The third-order valence-electron chi connectivity index (χ3n) is 3.60. The van der Waals surface area contributed by atoms with E-state index in [9.17, 15) is 4.79 Å². The van der Waals surface area contributed by atoms with E-state index in [1.165, 1.54) is 38.5 Å². The third kappa shape index (κ3) is 7.67. The number of rotatable bonds is 10. The maximum atomic E-state index is 11.4. The van der Waals surface area contributed by atoms with Crippen molar-refractivity contribution in [2.24, 2.45) is 5.92 Å². The van der Waals surface area contributed by atoms with Crippen LogP contribution in [-0.2, 0) is 9.53 Å². The summed E-state index contributed by atoms with van der Waals surface area (Å²) in [6, 6.07) is 0. The topological polar surface area (TPSA) is 50.4 Å². The van der Waals surface area contributed by atoms with Crippen LogP contribution in [0.3, 0.4) is 0 Å². The monoisotopic (exact) mass is 256 g/mol. The number of unbranched alkanes of at least 4 members (excludes halogenated alkanes) is 1. The molecule has 0 aromatic rings. The van der Waals surface area contributed by atoms with Crippen LogP contribution in [0.1, 0.15) is 44.9 Å². The summed E-state index contributed by atoms with van der Waals surface area (Å²) < 4.78 is 4.89. The lowest BCUT2D eigenvalue weighted by Gasteiger charge is -2.09. The molecule has 0 radical (unpaired) electrons. The quantitative estimate of drug-likeness (QED) is 0.585. The lowest BCUT2D eigenvalue weighted by molar-refractivity contribution is -0.120. The minimum atomic E-state index is 0.0898. The lowest BCUT2D eigenvalue weighted by atomic mass is 10.0. The van der Waals surface area contributed by atoms with Crippen molar-refractivity contribution in [3.05, 3.63) is 0 Å². The fourth-order valence-corrected chi connectivity index (χ4v) is 2.52. The van der Waals surface area contributed by atoms with Gasteiger partial charge in [-0.15, -0.1) is 0 Å². The van der Waals surface area contributed by atoms with Gasteiger partial charge in [0, 0.05) is 20.2 Å². The molecular formula is C14H28N2O2. The summed E-state index contributed by atoms with van der Waals surface area (Å²) in [7, 11) is 1.66. The number of amides is 1. The van der Waals surface area contributed by atoms with Gasteiger partial charge in [0.15, 0.2) is 0 Å². The molecule has 18 heavy (non-hydrogen) atoms. The van der Waals surface area contributed by atoms with Gasteiger partial charge in [-0.1, -0.05) is 38.5 Å². The van der Waals surface area contributed by atoms with Crippen LogP contribution >= 0.6 is 0 Å². The first-order chi connectivity index (χ1) is 8.83. The zero-order valence-electron chi connectivity index (χ0n) is 11.7. The summed E-state index contributed by atoms with van der Waals surface area (Å²) in [4.78, 5) is 11.4. The molecule has 1 rings (SSSR count). The molecule has 0 bridgehead atoms. The first-order valence-electron chi connectivity index (χ1n) is 7.29. The zero-order valence-corrected chi connectivity index (χ0v) is 11.7. The Morgan fingerprint density at radius 2 is 2.00 bits per heavy atom. The average molecular weight is 256 g/mol. The summed E-state index contributed by atoms with van der Waals surface area (Å²) in [6.07, 6.45) is 9.42. The Morgan fingerprint density at radius 1 is 1.22 bits per heavy atom. The Kier molecular flexibility index (Phi) is 8.86. The van der Waals surface area contributed by atoms with Crippen molar-refractivity contribution in [2.45, 2.75) is 44.9 Å². The maximum Gasteiger partial charge on any atom is 0.233 e. The predicted molar refractivity (Wildman–Crippen MR) is 73.6 cm³/mol. The van der Waals surface area contributed by atoms with Crippen molar-refractivity contribution in [3.63, 3.8) is 0 Å². The Balaban J connectivity index is 1.82. The first-order valence-corrected chi connectivity index (χ1v) is 7.29. The Hall–Kier alpha value is -0.610. The van der Waals surface area contributed by atoms with Crippen molar-refractivity contribution in [3.8, 4) is 0 Å². The van der Waals surface area contributed by atoms with Gasteiger partial charge in [-0.25, -0.2) is 0 Å². The van der Waals surface area contributed by atoms with Gasteiger partial charge >= 0.3 is 0 Å². The molecule has 1 amide bonds. The number of ether oxygens (including phenoxy) is 1. The third-order valence-corrected chi connectivity index (χ3v) is 3.60. The van der Waals surface area contributed by atoms with E-state index in [-0.39, 0.29) is 5.91 Å². The van der Waals surface area contributed by atoms with E-state index in [4.69, 9.17) is 4.74 Å². The van der Waals surface area contributed by atoms with Gasteiger partial charge in [0.2, 0.25) is 5.91 Å². The first kappa shape index (κ1) is 15.4. The van der Waals surface area contributed by atoms with E-state index < -0.39 is 0 Å². The molecule has 1 aliphatic rings. The average Bonchev–Trinajstić information content (AvgIpc) is 2.87. The van der Waals surface area contributed by atoms with Crippen molar-refractivity contribution in [1.29, 1.82) is 0 Å². The number of carbonyl (C=O) groups excluding carboxylic acids is 1. The molecule has 0 unspecified atom stereocenters. The van der Waals surface area contributed by atoms with Crippen molar-refractivity contribution in [1.82, 2.24) is 10.6 Å². The van der Waals surface area contributed by atoms with E-state index >= 15 is 0 Å². The SMILES string of the molecule is COCCNCC(=O)NCCCCC1CCCC1. The Labute approximate surface area is 111 Å². The van der Waals surface area contributed by atoms with Gasteiger partial charge in [-0.05, 0) is 12.3 Å². The van der Waals surface area contributed by atoms with Crippen LogP contribution in [0.2, 0.25) is 0 Å². The van der Waals surface area contributed by atoms with Crippen molar-refractivity contribution >= 4 is 5.91 Å². The summed E-state index contributed by atoms with van der Waals surface area (Å²) >= 11 is 0. The zero-order chi connectivity index (χ0) is 13.1. The van der Waals surface area contributed by atoms with E-state index in [0.29, 0.717) is 13.2 Å². The second-order valence-electron chi connectivity index (χ2n) is 5.17. The molecule has 0 atom stereocenters. The number of methoxy groups -OCH3 is 1. The molecular weight excluding hydrogens is 228 g/mol. The van der Waals surface area contributed by atoms with E-state index in [0.717, 1.165) is 25.4 Å². The Morgan fingerprint density at radius 3 is 2.72 bits per heavy atom. The lowest BCUT2D eigenvalue weighted by Crippen LogP contribution is -2.35. The van der Waals surface area contributed by atoms with Crippen LogP contribution in [0.25, 0.3) is 0 Å². The van der Waals surface area contributed by atoms with Gasteiger partial charge in [0.05, 0.1) is 13.2 Å². The fourth-order valence-electron chi connectivity index (χ4n) is 2.52. The molecule has 1 aliphatic carbocycles. The second kappa shape index (κ2) is 10.3. The largest absolute Gasteiger partial charge is 0.383 e. The molecule has 0 spiro atoms. The van der Waals surface area contributed by atoms with Crippen LogP contribution in [0.4, 0.5) is 0 Å². The van der Waals surface area contributed by atoms with Crippen LogP contribution in [0.15, 0.2) is 0 Å². The summed E-state index contributed by atoms with van der Waals surface area (Å²) in [6.45, 7) is 2.59. The van der Waals surface area contributed by atoms with E-state index in [2.05, 4.69) is 10.6 Å². The highest BCUT2D eigenvalue weighted by molar-refractivity contribution is 5.77. The fraction of sp³-hybridized carbons (Fsp3) is 0.929. The molecule has 4 heteroatoms. The number of carbonyl (C=O) groups is 1. The van der Waals surface area contributed by atoms with Crippen molar-refractivity contribution < 1.29 is 9.53 Å². The van der Waals surface area contributed by atoms with Crippen LogP contribution in [0, 0.1) is 5.92 Å². The standard InChI is InChI=1S/C14H28N2O2/c1-18-11-10-15-12-14(17)16-9-5-4-8-13-6-2-3-7-13/h13,15H,2-12H2,1H3,(H,16,17). The molecule has 0 aromatic heterocycles. The molecule has 4 nitrogen and oxygen atoms in total. The Bertz CT molecular complexity index is 216. The van der Waals surface area contributed by atoms with Gasteiger partial charge in [0.1, 0.15) is 0 Å². The highest BCUT2D eigenvalue weighted by Crippen LogP contribution is 2.28. The van der Waals surface area contributed by atoms with Gasteiger partial charge in [0.25, 0.3) is 0 Å². The number of hydrogen-bond acceptors (Lipinski definition) is 3. The molecule has 0 saturated heterocycles. The van der Waals surface area contributed by atoms with Crippen LogP contribution in [0.5, 0.6) is 0 Å². The summed E-state index contributed by atoms with van der Waals surface area (Å²) in [5.41, 5.74) is 0. The molecule has 0 aromatic carbocycles. The van der Waals surface area contributed by atoms with Gasteiger partial charge < -0.3 is 15.4 Å². The molecule has 1 fully saturated rings. The molecule has 1 saturated carbocycles. The van der Waals surface area contributed by atoms with Crippen LogP contribution < -0.4 is 10.6 Å². The number of nitrogens with one attached hydrogen (secondary N) is 2. The second-order valence-corrected chi connectivity index (χ2v) is 5.17. The van der Waals surface area contributed by atoms with Crippen LogP contribution in [-0.4, -0.2) is 39.3 Å². The van der Waals surface area contributed by atoms with Crippen molar-refractivity contribution in [2.75, 3.05) is 33.4 Å². The highest BCUT2D eigenvalue weighted by Gasteiger charge is 2.13. The molecule has 2 N–H and O–H groups in total. The molecule has 0 aliphatic heterocycles. The normalized spacial score (nSPS) is 16.1. The van der Waals surface area contributed by atoms with Gasteiger partial charge in [-0.3, -0.25) is 4.79 Å². The predicted octanol–water partition coefficient (Wildman–Crippen LogP) is 1.70. The highest BCUT2D eigenvalue weighted by atomic mass is 16.5. The molecule has 0 heterocycles. The summed E-state index contributed by atoms with van der Waals surface area (Å²) in [5, 5.41) is 5.98. The summed E-state index contributed by atoms with van der Waals surface area (Å²) in [5.74, 6) is 1.06.